The fraction of sp³-hybridized carbons (Fsp3) is 0.0769. The minimum absolute atomic E-state index is 0.241. The second-order valence-electron chi connectivity index (χ2n) is 3.85. The molecule has 2 aromatic rings. The molecule has 0 bridgehead atoms. The lowest BCUT2D eigenvalue weighted by Gasteiger charge is -2.06. The van der Waals surface area contributed by atoms with E-state index in [0.29, 0.717) is 12.0 Å². The van der Waals surface area contributed by atoms with Crippen LogP contribution in [-0.2, 0) is 6.42 Å². The van der Waals surface area contributed by atoms with Crippen molar-refractivity contribution in [3.63, 3.8) is 0 Å². The van der Waals surface area contributed by atoms with Gasteiger partial charge in [-0.3, -0.25) is 10.1 Å². The van der Waals surface area contributed by atoms with Crippen LogP contribution in [0.4, 0.5) is 5.69 Å². The third kappa shape index (κ3) is 2.60. The number of phenols is 1. The van der Waals surface area contributed by atoms with Gasteiger partial charge in [-0.1, -0.05) is 41.9 Å². The average Bonchev–Trinajstić information content (AvgIpc) is 2.34. The lowest BCUT2D eigenvalue weighted by atomic mass is 10.0. The van der Waals surface area contributed by atoms with E-state index in [1.54, 1.807) is 0 Å². The molecular formula is C13H10ClNO3. The van der Waals surface area contributed by atoms with Gasteiger partial charge in [0.05, 0.1) is 4.92 Å². The smallest absolute Gasteiger partial charge is 0.312 e. The Hall–Kier alpha value is -2.07. The molecule has 0 saturated carbocycles. The number of nitro benzene ring substituents is 1. The zero-order chi connectivity index (χ0) is 13.1. The van der Waals surface area contributed by atoms with E-state index in [4.69, 9.17) is 11.6 Å². The fourth-order valence-electron chi connectivity index (χ4n) is 1.73. The zero-order valence-corrected chi connectivity index (χ0v) is 10.1. The molecule has 0 atom stereocenters. The number of nitrogens with zero attached hydrogens (tertiary/aromatic N) is 1. The number of halogens is 1. The summed E-state index contributed by atoms with van der Waals surface area (Å²) in [6.45, 7) is 0. The molecule has 5 heteroatoms. The number of nitro groups is 1. The highest BCUT2D eigenvalue weighted by molar-refractivity contribution is 6.31. The van der Waals surface area contributed by atoms with Gasteiger partial charge >= 0.3 is 5.69 Å². The van der Waals surface area contributed by atoms with E-state index in [9.17, 15) is 15.2 Å². The normalized spacial score (nSPS) is 10.3. The topological polar surface area (TPSA) is 63.4 Å². The third-order valence-electron chi connectivity index (χ3n) is 2.57. The molecule has 92 valence electrons. The molecule has 0 spiro atoms. The summed E-state index contributed by atoms with van der Waals surface area (Å²) >= 11 is 5.82. The highest BCUT2D eigenvalue weighted by Crippen LogP contribution is 2.34. The molecule has 0 aliphatic carbocycles. The van der Waals surface area contributed by atoms with E-state index in [2.05, 4.69) is 0 Å². The van der Waals surface area contributed by atoms with E-state index in [1.165, 1.54) is 6.07 Å². The molecule has 0 saturated heterocycles. The van der Waals surface area contributed by atoms with Gasteiger partial charge in [0, 0.05) is 23.1 Å². The van der Waals surface area contributed by atoms with Gasteiger partial charge < -0.3 is 5.11 Å². The molecule has 2 aromatic carbocycles. The first-order valence-electron chi connectivity index (χ1n) is 5.27. The summed E-state index contributed by atoms with van der Waals surface area (Å²) in [4.78, 5) is 10.1. The maximum absolute atomic E-state index is 10.8. The standard InChI is InChI=1S/C13H10ClNO3/c14-11-7-10(6-9-4-2-1-3-5-9)13(16)12(8-11)15(17)18/h1-5,7-8,16H,6H2. The molecule has 0 fully saturated rings. The number of hydrogen-bond donors (Lipinski definition) is 1. The van der Waals surface area contributed by atoms with Gasteiger partial charge in [0.2, 0.25) is 0 Å². The Morgan fingerprint density at radius 1 is 1.22 bits per heavy atom. The van der Waals surface area contributed by atoms with Crippen LogP contribution in [-0.4, -0.2) is 10.0 Å². The maximum Gasteiger partial charge on any atom is 0.312 e. The van der Waals surface area contributed by atoms with Gasteiger partial charge in [0.25, 0.3) is 0 Å². The first kappa shape index (κ1) is 12.4. The summed E-state index contributed by atoms with van der Waals surface area (Å²) in [5.74, 6) is -0.326. The Morgan fingerprint density at radius 2 is 1.89 bits per heavy atom. The molecule has 0 aromatic heterocycles. The van der Waals surface area contributed by atoms with E-state index in [1.807, 2.05) is 30.3 Å². The second-order valence-corrected chi connectivity index (χ2v) is 4.29. The highest BCUT2D eigenvalue weighted by Gasteiger charge is 2.18. The lowest BCUT2D eigenvalue weighted by molar-refractivity contribution is -0.385. The van der Waals surface area contributed by atoms with E-state index in [0.717, 1.165) is 11.6 Å². The Balaban J connectivity index is 2.42. The number of aromatic hydroxyl groups is 1. The number of phenolic OH excluding ortho intramolecular Hbond substituents is 1. The Bertz CT molecular complexity index is 584. The number of hydrogen-bond acceptors (Lipinski definition) is 3. The van der Waals surface area contributed by atoms with Crippen LogP contribution < -0.4 is 0 Å². The first-order valence-corrected chi connectivity index (χ1v) is 5.65. The first-order chi connectivity index (χ1) is 8.58. The largest absolute Gasteiger partial charge is 0.502 e. The van der Waals surface area contributed by atoms with Gasteiger partial charge in [-0.05, 0) is 11.6 Å². The fourth-order valence-corrected chi connectivity index (χ4v) is 1.96. The van der Waals surface area contributed by atoms with Gasteiger partial charge in [0.15, 0.2) is 5.75 Å². The SMILES string of the molecule is O=[N+]([O-])c1cc(Cl)cc(Cc2ccccc2)c1O. The predicted octanol–water partition coefficient (Wildman–Crippen LogP) is 3.54. The van der Waals surface area contributed by atoms with Crippen LogP contribution in [0.1, 0.15) is 11.1 Å². The van der Waals surface area contributed by atoms with Crippen molar-refractivity contribution in [3.8, 4) is 5.75 Å². The summed E-state index contributed by atoms with van der Waals surface area (Å²) < 4.78 is 0. The van der Waals surface area contributed by atoms with Crippen molar-refractivity contribution in [1.29, 1.82) is 0 Å². The molecule has 0 amide bonds. The third-order valence-corrected chi connectivity index (χ3v) is 2.79. The van der Waals surface area contributed by atoms with Gasteiger partial charge in [-0.15, -0.1) is 0 Å². The van der Waals surface area contributed by atoms with Gasteiger partial charge in [-0.25, -0.2) is 0 Å². The zero-order valence-electron chi connectivity index (χ0n) is 9.34. The van der Waals surface area contributed by atoms with Crippen LogP contribution in [0.3, 0.4) is 0 Å². The molecule has 0 aliphatic heterocycles. The van der Waals surface area contributed by atoms with Crippen LogP contribution in [0.15, 0.2) is 42.5 Å². The molecule has 0 unspecified atom stereocenters. The summed E-state index contributed by atoms with van der Waals surface area (Å²) in [5, 5.41) is 20.9. The molecular weight excluding hydrogens is 254 g/mol. The van der Waals surface area contributed by atoms with Crippen LogP contribution in [0.25, 0.3) is 0 Å². The molecule has 4 nitrogen and oxygen atoms in total. The maximum atomic E-state index is 10.8. The minimum atomic E-state index is -0.643. The minimum Gasteiger partial charge on any atom is -0.502 e. The second kappa shape index (κ2) is 5.06. The van der Waals surface area contributed by atoms with Crippen molar-refractivity contribution in [2.75, 3.05) is 0 Å². The predicted molar refractivity (Wildman–Crippen MR) is 69.0 cm³/mol. The summed E-state index contributed by atoms with van der Waals surface area (Å²) in [5.41, 5.74) is 1.03. The van der Waals surface area contributed by atoms with Crippen LogP contribution >= 0.6 is 11.6 Å². The van der Waals surface area contributed by atoms with Crippen molar-refractivity contribution >= 4 is 17.3 Å². The van der Waals surface area contributed by atoms with E-state index < -0.39 is 4.92 Å². The van der Waals surface area contributed by atoms with Crippen LogP contribution in [0.2, 0.25) is 5.02 Å². The Morgan fingerprint density at radius 3 is 2.50 bits per heavy atom. The van der Waals surface area contributed by atoms with Crippen molar-refractivity contribution in [3.05, 3.63) is 68.7 Å². The van der Waals surface area contributed by atoms with Crippen molar-refractivity contribution in [2.24, 2.45) is 0 Å². The summed E-state index contributed by atoms with van der Waals surface area (Å²) in [6, 6.07) is 12.1. The number of benzene rings is 2. The summed E-state index contributed by atoms with van der Waals surface area (Å²) in [7, 11) is 0. The quantitative estimate of drug-likeness (QED) is 0.680. The van der Waals surface area contributed by atoms with Crippen LogP contribution in [0.5, 0.6) is 5.75 Å². The van der Waals surface area contributed by atoms with Crippen molar-refractivity contribution < 1.29 is 10.0 Å². The van der Waals surface area contributed by atoms with Gasteiger partial charge in [-0.2, -0.15) is 0 Å². The Labute approximate surface area is 109 Å². The van der Waals surface area contributed by atoms with Gasteiger partial charge in [0.1, 0.15) is 0 Å². The van der Waals surface area contributed by atoms with Crippen LogP contribution in [0, 0.1) is 10.1 Å². The number of rotatable bonds is 3. The molecule has 18 heavy (non-hydrogen) atoms. The monoisotopic (exact) mass is 263 g/mol. The molecule has 0 heterocycles. The lowest BCUT2D eigenvalue weighted by Crippen LogP contribution is -1.94. The van der Waals surface area contributed by atoms with Crippen molar-refractivity contribution in [2.45, 2.75) is 6.42 Å². The highest BCUT2D eigenvalue weighted by atomic mass is 35.5. The molecule has 1 N–H and O–H groups in total. The van der Waals surface area contributed by atoms with E-state index >= 15 is 0 Å². The van der Waals surface area contributed by atoms with Crippen molar-refractivity contribution in [1.82, 2.24) is 0 Å². The summed E-state index contributed by atoms with van der Waals surface area (Å²) in [6.07, 6.45) is 0.397. The van der Waals surface area contributed by atoms with E-state index in [-0.39, 0.29) is 16.5 Å². The average molecular weight is 264 g/mol. The Kier molecular flexibility index (Phi) is 3.48. The molecule has 0 aliphatic rings. The molecule has 2 rings (SSSR count). The molecule has 0 radical (unpaired) electrons.